The minimum absolute atomic E-state index is 0.627. The number of aromatic nitrogens is 3. The van der Waals surface area contributed by atoms with Crippen molar-refractivity contribution in [3.05, 3.63) is 22.8 Å². The average molecular weight is 262 g/mol. The van der Waals surface area contributed by atoms with Gasteiger partial charge in [0.1, 0.15) is 0 Å². The van der Waals surface area contributed by atoms with Crippen LogP contribution < -0.4 is 5.32 Å². The third-order valence-corrected chi connectivity index (χ3v) is 4.26. The van der Waals surface area contributed by atoms with E-state index in [1.807, 2.05) is 10.9 Å². The van der Waals surface area contributed by atoms with Gasteiger partial charge in [-0.05, 0) is 26.3 Å². The van der Waals surface area contributed by atoms with Crippen LogP contribution in [-0.4, -0.2) is 27.4 Å². The van der Waals surface area contributed by atoms with Gasteiger partial charge in [-0.3, -0.25) is 4.68 Å². The van der Waals surface area contributed by atoms with E-state index < -0.39 is 0 Å². The van der Waals surface area contributed by atoms with Crippen LogP contribution in [0.3, 0.4) is 0 Å². The summed E-state index contributed by atoms with van der Waals surface area (Å²) in [6, 6.07) is 0.627. The van der Waals surface area contributed by atoms with Crippen LogP contribution in [0, 0.1) is 0 Å². The lowest BCUT2D eigenvalue weighted by Gasteiger charge is -2.06. The molecule has 96 valence electrons. The molecule has 2 aromatic rings. The second-order valence-corrected chi connectivity index (χ2v) is 5.65. The summed E-state index contributed by atoms with van der Waals surface area (Å²) in [6.45, 7) is 4.16. The first kappa shape index (κ1) is 11.9. The first-order chi connectivity index (χ1) is 8.85. The fourth-order valence-corrected chi connectivity index (χ4v) is 3.23. The van der Waals surface area contributed by atoms with Crippen LogP contribution in [0.1, 0.15) is 24.8 Å². The van der Waals surface area contributed by atoms with Crippen LogP contribution in [0.5, 0.6) is 0 Å². The second-order valence-electron chi connectivity index (χ2n) is 4.71. The standard InChI is InChI=1S/C13H18N4S/c1-2-17-8-10(7-15-17)12-9-18-13(16-12)6-11-4-3-5-14-11/h7-9,11,14H,2-6H2,1H3. The van der Waals surface area contributed by atoms with Gasteiger partial charge in [-0.1, -0.05) is 0 Å². The molecule has 0 saturated carbocycles. The second kappa shape index (κ2) is 5.20. The largest absolute Gasteiger partial charge is 0.314 e. The predicted molar refractivity (Wildman–Crippen MR) is 73.7 cm³/mol. The van der Waals surface area contributed by atoms with Crippen molar-refractivity contribution in [2.45, 2.75) is 38.8 Å². The van der Waals surface area contributed by atoms with Gasteiger partial charge in [-0.2, -0.15) is 5.10 Å². The van der Waals surface area contributed by atoms with Gasteiger partial charge in [0.25, 0.3) is 0 Å². The number of aryl methyl sites for hydroxylation is 1. The Bertz CT molecular complexity index is 511. The Morgan fingerprint density at radius 3 is 3.22 bits per heavy atom. The van der Waals surface area contributed by atoms with Crippen molar-refractivity contribution in [2.75, 3.05) is 6.54 Å². The van der Waals surface area contributed by atoms with Crippen molar-refractivity contribution in [3.8, 4) is 11.3 Å². The molecule has 0 aromatic carbocycles. The molecule has 1 aliphatic heterocycles. The number of thiazole rings is 1. The molecule has 1 saturated heterocycles. The van der Waals surface area contributed by atoms with Crippen molar-refractivity contribution < 1.29 is 0 Å². The molecule has 1 atom stereocenters. The highest BCUT2D eigenvalue weighted by Gasteiger charge is 2.16. The maximum absolute atomic E-state index is 4.72. The van der Waals surface area contributed by atoms with E-state index >= 15 is 0 Å². The lowest BCUT2D eigenvalue weighted by molar-refractivity contribution is 0.601. The zero-order valence-electron chi connectivity index (χ0n) is 10.6. The van der Waals surface area contributed by atoms with Crippen molar-refractivity contribution in [1.29, 1.82) is 0 Å². The van der Waals surface area contributed by atoms with Gasteiger partial charge in [0.15, 0.2) is 0 Å². The Kier molecular flexibility index (Phi) is 3.43. The van der Waals surface area contributed by atoms with E-state index in [-0.39, 0.29) is 0 Å². The summed E-state index contributed by atoms with van der Waals surface area (Å²) < 4.78 is 1.94. The maximum atomic E-state index is 4.72. The first-order valence-electron chi connectivity index (χ1n) is 6.56. The molecule has 0 spiro atoms. The van der Waals surface area contributed by atoms with E-state index in [0.29, 0.717) is 6.04 Å². The van der Waals surface area contributed by atoms with E-state index in [4.69, 9.17) is 4.98 Å². The van der Waals surface area contributed by atoms with Gasteiger partial charge < -0.3 is 5.32 Å². The van der Waals surface area contributed by atoms with Gasteiger partial charge in [-0.25, -0.2) is 4.98 Å². The van der Waals surface area contributed by atoms with Crippen LogP contribution in [0.4, 0.5) is 0 Å². The fraction of sp³-hybridized carbons (Fsp3) is 0.538. The van der Waals surface area contributed by atoms with E-state index in [0.717, 1.165) is 30.8 Å². The van der Waals surface area contributed by atoms with E-state index in [9.17, 15) is 0 Å². The van der Waals surface area contributed by atoms with Crippen LogP contribution in [-0.2, 0) is 13.0 Å². The molecule has 1 fully saturated rings. The molecule has 1 unspecified atom stereocenters. The molecular formula is C13H18N4S. The highest BCUT2D eigenvalue weighted by atomic mass is 32.1. The van der Waals surface area contributed by atoms with Crippen LogP contribution >= 0.6 is 11.3 Å². The number of hydrogen-bond acceptors (Lipinski definition) is 4. The van der Waals surface area contributed by atoms with Crippen molar-refractivity contribution >= 4 is 11.3 Å². The van der Waals surface area contributed by atoms with Gasteiger partial charge in [0.05, 0.1) is 16.9 Å². The topological polar surface area (TPSA) is 42.7 Å². The molecule has 18 heavy (non-hydrogen) atoms. The third-order valence-electron chi connectivity index (χ3n) is 3.39. The quantitative estimate of drug-likeness (QED) is 0.919. The summed E-state index contributed by atoms with van der Waals surface area (Å²) in [4.78, 5) is 4.72. The van der Waals surface area contributed by atoms with Gasteiger partial charge in [0, 0.05) is 36.1 Å². The summed E-state index contributed by atoms with van der Waals surface area (Å²) in [5, 5.41) is 11.2. The summed E-state index contributed by atoms with van der Waals surface area (Å²) in [6.07, 6.45) is 7.60. The smallest absolute Gasteiger partial charge is 0.0948 e. The molecular weight excluding hydrogens is 244 g/mol. The lowest BCUT2D eigenvalue weighted by atomic mass is 10.2. The Labute approximate surface area is 111 Å². The molecule has 4 nitrogen and oxygen atoms in total. The summed E-state index contributed by atoms with van der Waals surface area (Å²) in [5.74, 6) is 0. The van der Waals surface area contributed by atoms with E-state index in [1.165, 1.54) is 17.8 Å². The molecule has 0 amide bonds. The summed E-state index contributed by atoms with van der Waals surface area (Å²) in [7, 11) is 0. The normalized spacial score (nSPS) is 19.5. The number of hydrogen-bond donors (Lipinski definition) is 1. The van der Waals surface area contributed by atoms with Crippen LogP contribution in [0.15, 0.2) is 17.8 Å². The monoisotopic (exact) mass is 262 g/mol. The molecule has 0 aliphatic carbocycles. The molecule has 1 N–H and O–H groups in total. The maximum Gasteiger partial charge on any atom is 0.0948 e. The number of rotatable bonds is 4. The molecule has 5 heteroatoms. The SMILES string of the molecule is CCn1cc(-c2csc(CC3CCCN3)n2)cn1. The van der Waals surface area contributed by atoms with Crippen LogP contribution in [0.2, 0.25) is 0 Å². The minimum atomic E-state index is 0.627. The summed E-state index contributed by atoms with van der Waals surface area (Å²) in [5.41, 5.74) is 2.19. The number of nitrogens with one attached hydrogen (secondary N) is 1. The Morgan fingerprint density at radius 2 is 2.50 bits per heavy atom. The van der Waals surface area contributed by atoms with Gasteiger partial charge in [0.2, 0.25) is 0 Å². The Balaban J connectivity index is 1.72. The minimum Gasteiger partial charge on any atom is -0.314 e. The highest BCUT2D eigenvalue weighted by molar-refractivity contribution is 7.09. The third kappa shape index (κ3) is 2.47. The fourth-order valence-electron chi connectivity index (χ4n) is 2.35. The van der Waals surface area contributed by atoms with Crippen LogP contribution in [0.25, 0.3) is 11.3 Å². The molecule has 3 rings (SSSR count). The highest BCUT2D eigenvalue weighted by Crippen LogP contribution is 2.23. The zero-order chi connectivity index (χ0) is 12.4. The van der Waals surface area contributed by atoms with Gasteiger partial charge in [-0.15, -0.1) is 11.3 Å². The zero-order valence-corrected chi connectivity index (χ0v) is 11.4. The van der Waals surface area contributed by atoms with Crippen molar-refractivity contribution in [2.24, 2.45) is 0 Å². The number of nitrogens with zero attached hydrogens (tertiary/aromatic N) is 3. The molecule has 3 heterocycles. The lowest BCUT2D eigenvalue weighted by Crippen LogP contribution is -2.23. The van der Waals surface area contributed by atoms with E-state index in [1.54, 1.807) is 11.3 Å². The van der Waals surface area contributed by atoms with Crippen molar-refractivity contribution in [3.63, 3.8) is 0 Å². The average Bonchev–Trinajstić information content (AvgIpc) is 3.09. The Morgan fingerprint density at radius 1 is 1.56 bits per heavy atom. The Hall–Kier alpha value is -1.20. The molecule has 0 radical (unpaired) electrons. The molecule has 2 aromatic heterocycles. The molecule has 1 aliphatic rings. The van der Waals surface area contributed by atoms with Crippen molar-refractivity contribution in [1.82, 2.24) is 20.1 Å². The summed E-state index contributed by atoms with van der Waals surface area (Å²) >= 11 is 1.76. The van der Waals surface area contributed by atoms with Gasteiger partial charge >= 0.3 is 0 Å². The predicted octanol–water partition coefficient (Wildman–Crippen LogP) is 2.32. The molecule has 0 bridgehead atoms. The first-order valence-corrected chi connectivity index (χ1v) is 7.43. The van der Waals surface area contributed by atoms with E-state index in [2.05, 4.69) is 28.9 Å².